The van der Waals surface area contributed by atoms with E-state index >= 15 is 0 Å². The van der Waals surface area contributed by atoms with Crippen LogP contribution in [0.3, 0.4) is 0 Å². The van der Waals surface area contributed by atoms with E-state index in [4.69, 9.17) is 10.5 Å². The van der Waals surface area contributed by atoms with Crippen molar-refractivity contribution in [3.63, 3.8) is 0 Å². The lowest BCUT2D eigenvalue weighted by molar-refractivity contribution is 0.306. The second-order valence-corrected chi connectivity index (χ2v) is 7.38. The zero-order valence-corrected chi connectivity index (χ0v) is 16.1. The number of rotatable bonds is 5. The number of allylic oxidation sites excluding steroid dienone is 4. The van der Waals surface area contributed by atoms with Gasteiger partial charge in [-0.1, -0.05) is 31.6 Å². The van der Waals surface area contributed by atoms with Gasteiger partial charge in [0.25, 0.3) is 0 Å². The van der Waals surface area contributed by atoms with Crippen LogP contribution in [0, 0.1) is 45.3 Å². The minimum absolute atomic E-state index is 0.0677. The van der Waals surface area contributed by atoms with Gasteiger partial charge in [0.05, 0.1) is 30.0 Å². The number of unbranched alkanes of at least 4 members (excludes halogenated alkanes) is 1. The Balaban J connectivity index is 2.08. The summed E-state index contributed by atoms with van der Waals surface area (Å²) in [5.74, 6) is 0.297. The average Bonchev–Trinajstić information content (AvgIpc) is 2.74. The van der Waals surface area contributed by atoms with Gasteiger partial charge in [-0.25, -0.2) is 0 Å². The first-order chi connectivity index (χ1) is 13.6. The number of nitrogens with two attached hydrogens (primary N) is 1. The molecular weight excluding hydrogens is 348 g/mol. The number of hydrogen-bond acceptors (Lipinski definition) is 5. The molecule has 5 nitrogen and oxygen atoms in total. The van der Waals surface area contributed by atoms with Gasteiger partial charge in [0, 0.05) is 5.92 Å². The molecule has 0 bridgehead atoms. The summed E-state index contributed by atoms with van der Waals surface area (Å²) in [5, 5.41) is 29.7. The van der Waals surface area contributed by atoms with Crippen LogP contribution in [0.4, 0.5) is 0 Å². The van der Waals surface area contributed by atoms with Crippen molar-refractivity contribution in [2.24, 2.45) is 17.1 Å². The molecule has 142 valence electrons. The number of ether oxygens (including phenoxy) is 1. The number of benzene rings is 1. The Morgan fingerprint density at radius 2 is 1.89 bits per heavy atom. The molecule has 0 fully saturated rings. The third-order valence-electron chi connectivity index (χ3n) is 5.81. The maximum Gasteiger partial charge on any atom is 0.191 e. The molecular formula is C23H24N4O. The summed E-state index contributed by atoms with van der Waals surface area (Å²) in [6, 6.07) is 14.1. The van der Waals surface area contributed by atoms with E-state index in [-0.39, 0.29) is 11.6 Å². The Morgan fingerprint density at radius 3 is 2.50 bits per heavy atom. The Morgan fingerprint density at radius 1 is 1.18 bits per heavy atom. The molecule has 0 saturated carbocycles. The van der Waals surface area contributed by atoms with E-state index in [1.807, 2.05) is 30.3 Å². The highest BCUT2D eigenvalue weighted by atomic mass is 16.5. The van der Waals surface area contributed by atoms with Gasteiger partial charge in [-0.2, -0.15) is 15.8 Å². The number of nitriles is 3. The van der Waals surface area contributed by atoms with Gasteiger partial charge in [-0.3, -0.25) is 0 Å². The van der Waals surface area contributed by atoms with Crippen molar-refractivity contribution in [1.29, 1.82) is 15.8 Å². The summed E-state index contributed by atoms with van der Waals surface area (Å²) in [4.78, 5) is 0. The van der Waals surface area contributed by atoms with Crippen LogP contribution >= 0.6 is 0 Å². The van der Waals surface area contributed by atoms with Crippen molar-refractivity contribution < 1.29 is 4.74 Å². The van der Waals surface area contributed by atoms with Gasteiger partial charge in [0.1, 0.15) is 11.8 Å². The highest BCUT2D eigenvalue weighted by Crippen LogP contribution is 2.55. The first-order valence-electron chi connectivity index (χ1n) is 9.79. The Labute approximate surface area is 166 Å². The molecule has 0 unspecified atom stereocenters. The van der Waals surface area contributed by atoms with Gasteiger partial charge in [0.15, 0.2) is 5.41 Å². The maximum atomic E-state index is 10.0. The molecule has 0 aliphatic heterocycles. The lowest BCUT2D eigenvalue weighted by atomic mass is 9.57. The first-order valence-corrected chi connectivity index (χ1v) is 9.79. The average molecular weight is 372 g/mol. The quantitative estimate of drug-likeness (QED) is 0.768. The highest BCUT2D eigenvalue weighted by molar-refractivity contribution is 5.59. The minimum Gasteiger partial charge on any atom is -0.494 e. The predicted molar refractivity (Wildman–Crippen MR) is 105 cm³/mol. The lowest BCUT2D eigenvalue weighted by Gasteiger charge is -2.43. The third kappa shape index (κ3) is 3.12. The summed E-state index contributed by atoms with van der Waals surface area (Å²) < 4.78 is 5.74. The zero-order valence-electron chi connectivity index (χ0n) is 16.1. The van der Waals surface area contributed by atoms with Gasteiger partial charge >= 0.3 is 0 Å². The van der Waals surface area contributed by atoms with E-state index in [0.717, 1.165) is 49.0 Å². The van der Waals surface area contributed by atoms with E-state index in [2.05, 4.69) is 25.1 Å². The molecule has 0 spiro atoms. The third-order valence-corrected chi connectivity index (χ3v) is 5.81. The number of fused-ring (bicyclic) bond motifs is 1. The molecule has 28 heavy (non-hydrogen) atoms. The molecule has 2 N–H and O–H groups in total. The van der Waals surface area contributed by atoms with E-state index in [1.54, 1.807) is 0 Å². The van der Waals surface area contributed by atoms with E-state index in [0.29, 0.717) is 12.2 Å². The van der Waals surface area contributed by atoms with E-state index in [1.165, 1.54) is 0 Å². The molecule has 0 saturated heterocycles. The topological polar surface area (TPSA) is 107 Å². The molecule has 1 aromatic carbocycles. The standard InChI is InChI=1S/C23H24N4O/c1-2-3-12-28-17-10-8-16(9-11-17)21-19-7-5-4-6-18(19)20(13-24)22(27)23(21,14-25)15-26/h6,8-11,19,21H,2-5,7,12,27H2,1H3/t19-,21-/m0/s1. The smallest absolute Gasteiger partial charge is 0.191 e. The van der Waals surface area contributed by atoms with Gasteiger partial charge in [-0.05, 0) is 54.9 Å². The van der Waals surface area contributed by atoms with Crippen LogP contribution < -0.4 is 10.5 Å². The first kappa shape index (κ1) is 19.5. The molecule has 1 aromatic rings. The highest BCUT2D eigenvalue weighted by Gasteiger charge is 2.53. The lowest BCUT2D eigenvalue weighted by Crippen LogP contribution is -2.42. The summed E-state index contributed by atoms with van der Waals surface area (Å²) in [6.07, 6.45) is 6.78. The fourth-order valence-electron chi connectivity index (χ4n) is 4.36. The second-order valence-electron chi connectivity index (χ2n) is 7.38. The second kappa shape index (κ2) is 8.20. The maximum absolute atomic E-state index is 10.0. The molecule has 0 radical (unpaired) electrons. The summed E-state index contributed by atoms with van der Waals surface area (Å²) >= 11 is 0. The summed E-state index contributed by atoms with van der Waals surface area (Å²) in [5.41, 5.74) is 6.89. The van der Waals surface area contributed by atoms with Crippen molar-refractivity contribution in [3.8, 4) is 24.0 Å². The van der Waals surface area contributed by atoms with Gasteiger partial charge in [-0.15, -0.1) is 0 Å². The zero-order chi connectivity index (χ0) is 20.1. The molecule has 2 aliphatic carbocycles. The molecule has 0 aromatic heterocycles. The van der Waals surface area contributed by atoms with Crippen LogP contribution in [0.5, 0.6) is 5.75 Å². The fraction of sp³-hybridized carbons (Fsp3) is 0.435. The molecule has 2 atom stereocenters. The van der Waals surface area contributed by atoms with Crippen molar-refractivity contribution in [2.75, 3.05) is 6.61 Å². The van der Waals surface area contributed by atoms with Gasteiger partial charge in [0.2, 0.25) is 0 Å². The normalized spacial score (nSPS) is 22.9. The number of nitrogens with zero attached hydrogens (tertiary/aromatic N) is 3. The monoisotopic (exact) mass is 372 g/mol. The van der Waals surface area contributed by atoms with Crippen LogP contribution in [-0.4, -0.2) is 6.61 Å². The van der Waals surface area contributed by atoms with Crippen molar-refractivity contribution >= 4 is 0 Å². The van der Waals surface area contributed by atoms with Crippen LogP contribution in [-0.2, 0) is 0 Å². The molecule has 0 amide bonds. The van der Waals surface area contributed by atoms with E-state index < -0.39 is 11.3 Å². The Kier molecular flexibility index (Phi) is 5.72. The molecule has 5 heteroatoms. The van der Waals surface area contributed by atoms with Crippen molar-refractivity contribution in [3.05, 3.63) is 52.7 Å². The van der Waals surface area contributed by atoms with Crippen LogP contribution in [0.2, 0.25) is 0 Å². The predicted octanol–water partition coefficient (Wildman–Crippen LogP) is 4.46. The minimum atomic E-state index is -1.55. The number of hydrogen-bond donors (Lipinski definition) is 1. The Hall–Kier alpha value is -3.23. The van der Waals surface area contributed by atoms with Crippen LogP contribution in [0.15, 0.2) is 47.2 Å². The van der Waals surface area contributed by atoms with Crippen molar-refractivity contribution in [2.45, 2.75) is 44.9 Å². The molecule has 3 rings (SSSR count). The molecule has 2 aliphatic rings. The van der Waals surface area contributed by atoms with Crippen LogP contribution in [0.1, 0.15) is 50.5 Å². The molecule has 0 heterocycles. The Bertz CT molecular complexity index is 907. The largest absolute Gasteiger partial charge is 0.494 e. The van der Waals surface area contributed by atoms with Crippen molar-refractivity contribution in [1.82, 2.24) is 0 Å². The fourth-order valence-corrected chi connectivity index (χ4v) is 4.36. The summed E-state index contributed by atoms with van der Waals surface area (Å²) in [6.45, 7) is 2.78. The van der Waals surface area contributed by atoms with E-state index in [9.17, 15) is 15.8 Å². The SMILES string of the molecule is CCCCOc1ccc([C@H]2[C@H]3CCCC=C3C(C#N)=C(N)C2(C#N)C#N)cc1. The van der Waals surface area contributed by atoms with Gasteiger partial charge < -0.3 is 10.5 Å². The van der Waals surface area contributed by atoms with Crippen LogP contribution in [0.25, 0.3) is 0 Å². The summed E-state index contributed by atoms with van der Waals surface area (Å²) in [7, 11) is 0.